The third kappa shape index (κ3) is 5.51. The molecule has 162 valence electrons. The SMILES string of the molecule is C=C.COC1=CCC=CC=C1c1c[nH]c2ncc(/C(C)=C/C=C(\C)C(=O)N(C)C)cc12. The van der Waals surface area contributed by atoms with Crippen LogP contribution in [0.4, 0.5) is 0 Å². The Kier molecular flexibility index (Phi) is 8.38. The van der Waals surface area contributed by atoms with Crippen LogP contribution in [0.15, 0.2) is 79.4 Å². The van der Waals surface area contributed by atoms with E-state index >= 15 is 0 Å². The van der Waals surface area contributed by atoms with Crippen molar-refractivity contribution in [1.29, 1.82) is 0 Å². The third-order valence-electron chi connectivity index (χ3n) is 4.93. The van der Waals surface area contributed by atoms with Crippen LogP contribution >= 0.6 is 0 Å². The minimum atomic E-state index is 0.00258. The number of aromatic nitrogens is 2. The molecule has 0 spiro atoms. The van der Waals surface area contributed by atoms with Gasteiger partial charge in [-0.25, -0.2) is 4.98 Å². The molecule has 0 unspecified atom stereocenters. The summed E-state index contributed by atoms with van der Waals surface area (Å²) in [5.41, 5.74) is 5.64. The summed E-state index contributed by atoms with van der Waals surface area (Å²) in [6.45, 7) is 9.84. The Morgan fingerprint density at radius 2 is 2.00 bits per heavy atom. The summed E-state index contributed by atoms with van der Waals surface area (Å²) < 4.78 is 5.60. The molecular weight excluding hydrogens is 386 g/mol. The number of nitrogens with one attached hydrogen (secondary N) is 1. The van der Waals surface area contributed by atoms with Gasteiger partial charge in [0.25, 0.3) is 0 Å². The molecule has 2 aromatic rings. The first-order valence-corrected chi connectivity index (χ1v) is 10.1. The van der Waals surface area contributed by atoms with E-state index in [9.17, 15) is 4.79 Å². The summed E-state index contributed by atoms with van der Waals surface area (Å²) in [5, 5.41) is 1.03. The minimum Gasteiger partial charge on any atom is -0.496 e. The van der Waals surface area contributed by atoms with E-state index in [1.807, 2.05) is 38.4 Å². The largest absolute Gasteiger partial charge is 0.496 e. The third-order valence-corrected chi connectivity index (χ3v) is 4.93. The number of likely N-dealkylation sites (N-methyl/N-ethyl adjacent to an activating group) is 1. The molecule has 5 nitrogen and oxygen atoms in total. The number of nitrogens with zero attached hydrogens (tertiary/aromatic N) is 2. The molecule has 0 atom stereocenters. The van der Waals surface area contributed by atoms with Crippen molar-refractivity contribution in [2.75, 3.05) is 21.2 Å². The maximum atomic E-state index is 12.0. The zero-order chi connectivity index (χ0) is 23.0. The van der Waals surface area contributed by atoms with Gasteiger partial charge >= 0.3 is 0 Å². The number of methoxy groups -OCH3 is 1. The first kappa shape index (κ1) is 23.7. The number of rotatable bonds is 5. The van der Waals surface area contributed by atoms with Gasteiger partial charge < -0.3 is 14.6 Å². The average molecular weight is 418 g/mol. The van der Waals surface area contributed by atoms with E-state index < -0.39 is 0 Å². The molecule has 1 amide bonds. The zero-order valence-electron chi connectivity index (χ0n) is 19.0. The highest BCUT2D eigenvalue weighted by atomic mass is 16.5. The quantitative estimate of drug-likeness (QED) is 0.387. The lowest BCUT2D eigenvalue weighted by molar-refractivity contribution is -0.124. The highest BCUT2D eigenvalue weighted by Crippen LogP contribution is 2.32. The van der Waals surface area contributed by atoms with Gasteiger partial charge in [0.2, 0.25) is 5.91 Å². The monoisotopic (exact) mass is 417 g/mol. The number of allylic oxidation sites excluding steroid dienone is 8. The normalized spacial score (nSPS) is 14.2. The molecule has 0 bridgehead atoms. The van der Waals surface area contributed by atoms with E-state index in [4.69, 9.17) is 4.74 Å². The lowest BCUT2D eigenvalue weighted by atomic mass is 10.0. The Morgan fingerprint density at radius 3 is 2.68 bits per heavy atom. The number of hydrogen-bond donors (Lipinski definition) is 1. The van der Waals surface area contributed by atoms with Crippen LogP contribution in [0.3, 0.4) is 0 Å². The number of fused-ring (bicyclic) bond motifs is 1. The summed E-state index contributed by atoms with van der Waals surface area (Å²) >= 11 is 0. The van der Waals surface area contributed by atoms with Crippen LogP contribution in [-0.2, 0) is 9.53 Å². The van der Waals surface area contributed by atoms with E-state index in [0.29, 0.717) is 5.57 Å². The van der Waals surface area contributed by atoms with Crippen LogP contribution in [0, 0.1) is 0 Å². The van der Waals surface area contributed by atoms with Crippen LogP contribution in [0.25, 0.3) is 22.2 Å². The Balaban J connectivity index is 0.00000166. The van der Waals surface area contributed by atoms with Gasteiger partial charge in [0, 0.05) is 48.6 Å². The molecule has 31 heavy (non-hydrogen) atoms. The Morgan fingerprint density at radius 1 is 1.26 bits per heavy atom. The van der Waals surface area contributed by atoms with Crippen molar-refractivity contribution in [3.8, 4) is 0 Å². The molecule has 0 aromatic carbocycles. The van der Waals surface area contributed by atoms with E-state index in [2.05, 4.69) is 53.5 Å². The molecule has 3 rings (SSSR count). The number of H-pyrrole nitrogens is 1. The molecule has 1 aliphatic carbocycles. The molecule has 5 heteroatoms. The molecule has 2 heterocycles. The van der Waals surface area contributed by atoms with Crippen molar-refractivity contribution in [2.45, 2.75) is 20.3 Å². The van der Waals surface area contributed by atoms with Crippen molar-refractivity contribution in [3.63, 3.8) is 0 Å². The van der Waals surface area contributed by atoms with Gasteiger partial charge in [0.15, 0.2) is 0 Å². The van der Waals surface area contributed by atoms with Crippen molar-refractivity contribution in [2.24, 2.45) is 0 Å². The number of carbonyl (C=O) groups excluding carboxylic acids is 1. The standard InChI is InChI=1S/C24H27N3O2.C2H4/c1-16(11-12-17(2)24(28)27(3)4)18-13-20-21(15-26-23(20)25-14-18)19-9-7-6-8-10-22(19)29-5;1-2/h6-7,9-15H,8H2,1-5H3,(H,25,26);1-2H2/b16-11+,17-12+;. The predicted octanol–water partition coefficient (Wildman–Crippen LogP) is 5.68. The topological polar surface area (TPSA) is 58.2 Å². The van der Waals surface area contributed by atoms with Gasteiger partial charge in [-0.15, -0.1) is 13.2 Å². The van der Waals surface area contributed by atoms with Gasteiger partial charge in [-0.05, 0) is 43.5 Å². The maximum Gasteiger partial charge on any atom is 0.248 e. The summed E-state index contributed by atoms with van der Waals surface area (Å²) in [5.74, 6) is 0.858. The Hall–Kier alpha value is -3.60. The Labute approximate surface area is 184 Å². The second kappa shape index (κ2) is 11.0. The lowest BCUT2D eigenvalue weighted by Gasteiger charge is -2.10. The molecule has 2 aromatic heterocycles. The highest BCUT2D eigenvalue weighted by Gasteiger charge is 2.15. The molecule has 0 aliphatic heterocycles. The number of amides is 1. The van der Waals surface area contributed by atoms with Gasteiger partial charge in [0.1, 0.15) is 11.4 Å². The molecule has 0 fully saturated rings. The molecule has 1 N–H and O–H groups in total. The van der Waals surface area contributed by atoms with Crippen LogP contribution in [0.1, 0.15) is 31.4 Å². The summed E-state index contributed by atoms with van der Waals surface area (Å²) in [4.78, 5) is 21.4. The van der Waals surface area contributed by atoms with Crippen molar-refractivity contribution in [3.05, 3.63) is 90.5 Å². The first-order chi connectivity index (χ1) is 14.9. The van der Waals surface area contributed by atoms with Gasteiger partial charge in [-0.2, -0.15) is 0 Å². The van der Waals surface area contributed by atoms with Crippen LogP contribution in [0.5, 0.6) is 0 Å². The Bertz CT molecular complexity index is 1100. The van der Waals surface area contributed by atoms with E-state index in [1.165, 1.54) is 0 Å². The van der Waals surface area contributed by atoms with Crippen molar-refractivity contribution in [1.82, 2.24) is 14.9 Å². The highest BCUT2D eigenvalue weighted by molar-refractivity contribution is 5.96. The fraction of sp³-hybridized carbons (Fsp3) is 0.231. The van der Waals surface area contributed by atoms with Gasteiger partial charge in [-0.1, -0.05) is 30.4 Å². The summed E-state index contributed by atoms with van der Waals surface area (Å²) in [7, 11) is 5.20. The smallest absolute Gasteiger partial charge is 0.248 e. The molecule has 0 radical (unpaired) electrons. The van der Waals surface area contributed by atoms with Crippen molar-refractivity contribution < 1.29 is 9.53 Å². The minimum absolute atomic E-state index is 0.00258. The van der Waals surface area contributed by atoms with E-state index in [1.54, 1.807) is 26.1 Å². The number of pyridine rings is 1. The average Bonchev–Trinajstić information content (AvgIpc) is 3.06. The van der Waals surface area contributed by atoms with E-state index in [-0.39, 0.29) is 5.91 Å². The van der Waals surface area contributed by atoms with E-state index in [0.717, 1.165) is 45.5 Å². The number of ether oxygens (including phenoxy) is 1. The van der Waals surface area contributed by atoms with Crippen LogP contribution in [0.2, 0.25) is 0 Å². The van der Waals surface area contributed by atoms with Crippen LogP contribution in [-0.4, -0.2) is 42.0 Å². The molecule has 1 aliphatic rings. The predicted molar refractivity (Wildman–Crippen MR) is 130 cm³/mol. The molecule has 0 saturated heterocycles. The second-order valence-corrected chi connectivity index (χ2v) is 7.24. The summed E-state index contributed by atoms with van der Waals surface area (Å²) in [6, 6.07) is 2.12. The van der Waals surface area contributed by atoms with Gasteiger partial charge in [0.05, 0.1) is 7.11 Å². The number of carbonyl (C=O) groups is 1. The zero-order valence-corrected chi connectivity index (χ0v) is 19.0. The fourth-order valence-corrected chi connectivity index (χ4v) is 3.24. The fourth-order valence-electron chi connectivity index (χ4n) is 3.24. The second-order valence-electron chi connectivity index (χ2n) is 7.24. The first-order valence-electron chi connectivity index (χ1n) is 10.1. The van der Waals surface area contributed by atoms with Crippen molar-refractivity contribution >= 4 is 28.1 Å². The van der Waals surface area contributed by atoms with Gasteiger partial charge in [-0.3, -0.25) is 4.79 Å². The lowest BCUT2D eigenvalue weighted by Crippen LogP contribution is -2.22. The molecular formula is C26H31N3O2. The van der Waals surface area contributed by atoms with Crippen LogP contribution < -0.4 is 0 Å². The number of aromatic amines is 1. The number of hydrogen-bond acceptors (Lipinski definition) is 3. The molecule has 0 saturated carbocycles. The maximum absolute atomic E-state index is 12.0. The summed E-state index contributed by atoms with van der Waals surface area (Å²) in [6.07, 6.45) is 16.8.